The second-order valence-corrected chi connectivity index (χ2v) is 4.97. The summed E-state index contributed by atoms with van der Waals surface area (Å²) in [5.41, 5.74) is 0.0978. The van der Waals surface area contributed by atoms with E-state index in [0.717, 1.165) is 6.07 Å². The minimum atomic E-state index is -1.44. The van der Waals surface area contributed by atoms with Crippen LogP contribution in [0.2, 0.25) is 0 Å². The lowest BCUT2D eigenvalue weighted by Gasteiger charge is -2.23. The van der Waals surface area contributed by atoms with Crippen LogP contribution in [0.3, 0.4) is 0 Å². The Balaban J connectivity index is 2.19. The van der Waals surface area contributed by atoms with Crippen molar-refractivity contribution in [3.8, 4) is 28.4 Å². The van der Waals surface area contributed by atoms with Gasteiger partial charge in [0, 0.05) is 17.7 Å². The van der Waals surface area contributed by atoms with Crippen LogP contribution in [0.5, 0.6) is 17.2 Å². The van der Waals surface area contributed by atoms with E-state index in [1.165, 1.54) is 6.07 Å². The number of ether oxygens (including phenoxy) is 1. The number of rotatable bonds is 0. The number of benzene rings is 2. The molecule has 2 heterocycles. The molecule has 0 unspecified atom stereocenters. The van der Waals surface area contributed by atoms with Gasteiger partial charge in [0.05, 0.1) is 5.56 Å². The molecule has 3 N–H and O–H groups in total. The van der Waals surface area contributed by atoms with Crippen LogP contribution in [0, 0.1) is 0 Å². The Morgan fingerprint density at radius 3 is 2.68 bits per heavy atom. The van der Waals surface area contributed by atoms with Crippen molar-refractivity contribution < 1.29 is 24.5 Å². The van der Waals surface area contributed by atoms with Gasteiger partial charge in [0.2, 0.25) is 5.43 Å². The SMILES string of the molecule is O=c1c2c(oc3cc(O)cc(O)c13)[C@@H](O)Oc1ccccc1-2. The molecule has 1 aromatic heterocycles. The molecular weight excluding hydrogens is 288 g/mol. The molecule has 22 heavy (non-hydrogen) atoms. The summed E-state index contributed by atoms with van der Waals surface area (Å²) in [4.78, 5) is 12.7. The molecule has 0 bridgehead atoms. The van der Waals surface area contributed by atoms with Gasteiger partial charge in [-0.1, -0.05) is 18.2 Å². The van der Waals surface area contributed by atoms with Crippen LogP contribution in [0.4, 0.5) is 0 Å². The topological polar surface area (TPSA) is 100 Å². The van der Waals surface area contributed by atoms with Gasteiger partial charge >= 0.3 is 0 Å². The minimum absolute atomic E-state index is 0.0247. The zero-order valence-electron chi connectivity index (χ0n) is 11.1. The molecule has 2 aromatic carbocycles. The Hall–Kier alpha value is -2.99. The fourth-order valence-corrected chi connectivity index (χ4v) is 2.68. The largest absolute Gasteiger partial charge is 0.508 e. The summed E-state index contributed by atoms with van der Waals surface area (Å²) in [7, 11) is 0. The van der Waals surface area contributed by atoms with E-state index in [9.17, 15) is 20.1 Å². The van der Waals surface area contributed by atoms with Gasteiger partial charge in [0.1, 0.15) is 28.2 Å². The van der Waals surface area contributed by atoms with Crippen molar-refractivity contribution in [2.45, 2.75) is 6.29 Å². The molecule has 6 heteroatoms. The Morgan fingerprint density at radius 2 is 1.86 bits per heavy atom. The maximum Gasteiger partial charge on any atom is 0.257 e. The lowest BCUT2D eigenvalue weighted by atomic mass is 9.98. The highest BCUT2D eigenvalue weighted by Crippen LogP contribution is 2.41. The van der Waals surface area contributed by atoms with E-state index in [0.29, 0.717) is 11.3 Å². The monoisotopic (exact) mass is 298 g/mol. The Bertz CT molecular complexity index is 972. The quantitative estimate of drug-likeness (QED) is 0.588. The van der Waals surface area contributed by atoms with E-state index in [1.807, 2.05) is 0 Å². The van der Waals surface area contributed by atoms with Crippen LogP contribution in [0.25, 0.3) is 22.1 Å². The number of hydrogen-bond acceptors (Lipinski definition) is 6. The number of aromatic hydroxyl groups is 2. The molecule has 0 aliphatic carbocycles. The normalized spacial score (nSPS) is 16.0. The average molecular weight is 298 g/mol. The predicted octanol–water partition coefficient (Wildman–Crippen LogP) is 2.25. The molecule has 1 aliphatic rings. The van der Waals surface area contributed by atoms with Crippen LogP contribution < -0.4 is 10.2 Å². The van der Waals surface area contributed by atoms with Crippen LogP contribution >= 0.6 is 0 Å². The van der Waals surface area contributed by atoms with Gasteiger partial charge < -0.3 is 24.5 Å². The Kier molecular flexibility index (Phi) is 2.46. The summed E-state index contributed by atoms with van der Waals surface area (Å²) in [6, 6.07) is 9.00. The zero-order valence-corrected chi connectivity index (χ0v) is 11.1. The molecule has 110 valence electrons. The van der Waals surface area contributed by atoms with E-state index in [-0.39, 0.29) is 33.8 Å². The highest BCUT2D eigenvalue weighted by atomic mass is 16.6. The van der Waals surface area contributed by atoms with Gasteiger partial charge in [-0.15, -0.1) is 0 Å². The third-order valence-corrected chi connectivity index (χ3v) is 3.61. The van der Waals surface area contributed by atoms with Crippen LogP contribution in [0.1, 0.15) is 12.1 Å². The molecule has 0 saturated heterocycles. The molecule has 3 aromatic rings. The second kappa shape index (κ2) is 4.25. The summed E-state index contributed by atoms with van der Waals surface area (Å²) in [5, 5.41) is 29.4. The number of fused-ring (bicyclic) bond motifs is 4. The highest BCUT2D eigenvalue weighted by molar-refractivity contribution is 5.90. The number of phenols is 2. The summed E-state index contributed by atoms with van der Waals surface area (Å²) < 4.78 is 10.8. The van der Waals surface area contributed by atoms with Crippen LogP contribution in [0.15, 0.2) is 45.6 Å². The van der Waals surface area contributed by atoms with Crippen molar-refractivity contribution in [3.05, 3.63) is 52.4 Å². The predicted molar refractivity (Wildman–Crippen MR) is 76.8 cm³/mol. The molecular formula is C16H10O6. The first-order valence-corrected chi connectivity index (χ1v) is 6.53. The summed E-state index contributed by atoms with van der Waals surface area (Å²) in [5.74, 6) is -0.335. The maximum absolute atomic E-state index is 12.7. The molecule has 0 spiro atoms. The lowest BCUT2D eigenvalue weighted by molar-refractivity contribution is -0.0376. The van der Waals surface area contributed by atoms with Gasteiger partial charge in [0.25, 0.3) is 6.29 Å². The van der Waals surface area contributed by atoms with E-state index in [2.05, 4.69) is 0 Å². The van der Waals surface area contributed by atoms with Gasteiger partial charge in [-0.2, -0.15) is 0 Å². The van der Waals surface area contributed by atoms with E-state index in [1.54, 1.807) is 24.3 Å². The lowest BCUT2D eigenvalue weighted by Crippen LogP contribution is -2.19. The summed E-state index contributed by atoms with van der Waals surface area (Å²) in [6.45, 7) is 0. The number of aliphatic hydroxyl groups excluding tert-OH is 1. The summed E-state index contributed by atoms with van der Waals surface area (Å²) >= 11 is 0. The molecule has 0 fully saturated rings. The van der Waals surface area contributed by atoms with E-state index < -0.39 is 11.7 Å². The minimum Gasteiger partial charge on any atom is -0.508 e. The average Bonchev–Trinajstić information content (AvgIpc) is 2.46. The number of para-hydroxylation sites is 1. The summed E-state index contributed by atoms with van der Waals surface area (Å²) in [6.07, 6.45) is -1.44. The van der Waals surface area contributed by atoms with Crippen molar-refractivity contribution in [1.29, 1.82) is 0 Å². The molecule has 0 radical (unpaired) electrons. The Labute approximate surface area is 123 Å². The highest BCUT2D eigenvalue weighted by Gasteiger charge is 2.31. The van der Waals surface area contributed by atoms with Crippen LogP contribution in [-0.2, 0) is 0 Å². The second-order valence-electron chi connectivity index (χ2n) is 4.97. The zero-order chi connectivity index (χ0) is 15.4. The smallest absolute Gasteiger partial charge is 0.257 e. The molecule has 6 nitrogen and oxygen atoms in total. The van der Waals surface area contributed by atoms with Gasteiger partial charge in [-0.25, -0.2) is 0 Å². The van der Waals surface area contributed by atoms with Crippen molar-refractivity contribution >= 4 is 11.0 Å². The van der Waals surface area contributed by atoms with Crippen molar-refractivity contribution in [2.24, 2.45) is 0 Å². The molecule has 0 saturated carbocycles. The third kappa shape index (κ3) is 1.61. The fraction of sp³-hybridized carbons (Fsp3) is 0.0625. The van der Waals surface area contributed by atoms with Crippen molar-refractivity contribution in [1.82, 2.24) is 0 Å². The molecule has 0 amide bonds. The maximum atomic E-state index is 12.7. The molecule has 1 aliphatic heterocycles. The third-order valence-electron chi connectivity index (χ3n) is 3.61. The molecule has 4 rings (SSSR count). The first kappa shape index (κ1) is 12.7. The number of aliphatic hydroxyl groups is 1. The van der Waals surface area contributed by atoms with Crippen LogP contribution in [-0.4, -0.2) is 15.3 Å². The van der Waals surface area contributed by atoms with Gasteiger partial charge in [0.15, 0.2) is 5.76 Å². The first-order valence-electron chi connectivity index (χ1n) is 6.53. The van der Waals surface area contributed by atoms with Crippen molar-refractivity contribution in [2.75, 3.05) is 0 Å². The number of hydrogen-bond donors (Lipinski definition) is 3. The van der Waals surface area contributed by atoms with Crippen molar-refractivity contribution in [3.63, 3.8) is 0 Å². The fourth-order valence-electron chi connectivity index (χ4n) is 2.68. The van der Waals surface area contributed by atoms with E-state index in [4.69, 9.17) is 9.15 Å². The molecule has 1 atom stereocenters. The van der Waals surface area contributed by atoms with Gasteiger partial charge in [-0.3, -0.25) is 4.79 Å². The first-order chi connectivity index (χ1) is 10.6. The Morgan fingerprint density at radius 1 is 1.09 bits per heavy atom. The van der Waals surface area contributed by atoms with E-state index >= 15 is 0 Å². The number of phenolic OH excluding ortho intramolecular Hbond substituents is 2. The standard InChI is InChI=1S/C16H10O6/c17-7-5-9(18)13-11(6-7)21-15-12(14(13)19)8-3-1-2-4-10(8)22-16(15)20/h1-6,16-18,20H/t16-/m0/s1. The van der Waals surface area contributed by atoms with Gasteiger partial charge in [-0.05, 0) is 6.07 Å².